The van der Waals surface area contributed by atoms with Gasteiger partial charge in [0.25, 0.3) is 0 Å². The Morgan fingerprint density at radius 1 is 1.21 bits per heavy atom. The monoisotopic (exact) mass is 482 g/mol. The molecule has 0 radical (unpaired) electrons. The zero-order valence-electron chi connectivity index (χ0n) is 20.0. The van der Waals surface area contributed by atoms with Crippen molar-refractivity contribution in [2.75, 3.05) is 6.61 Å². The van der Waals surface area contributed by atoms with Crippen molar-refractivity contribution in [3.8, 4) is 0 Å². The Bertz CT molecular complexity index is 957. The Balaban J connectivity index is 0.00000324. The quantitative estimate of drug-likeness (QED) is 0.317. The number of ketones is 2. The van der Waals surface area contributed by atoms with Gasteiger partial charge in [0.1, 0.15) is 5.60 Å². The van der Waals surface area contributed by atoms with E-state index in [2.05, 4.69) is 6.92 Å². The topological polar surface area (TPSA) is 141 Å². The van der Waals surface area contributed by atoms with Crippen LogP contribution in [0.4, 0.5) is 0 Å². The second-order valence-corrected chi connectivity index (χ2v) is 10.6. The summed E-state index contributed by atoms with van der Waals surface area (Å²) in [6.07, 6.45) is 6.04. The first-order valence-corrected chi connectivity index (χ1v) is 11.7. The first-order chi connectivity index (χ1) is 15.4. The molecule has 0 aromatic rings. The van der Waals surface area contributed by atoms with Crippen LogP contribution in [0.2, 0.25) is 0 Å². The molecule has 3 fully saturated rings. The van der Waals surface area contributed by atoms with E-state index in [1.165, 1.54) is 0 Å². The predicted molar refractivity (Wildman–Crippen MR) is 113 cm³/mol. The molecule has 0 aromatic heterocycles. The smallest absolute Gasteiger partial charge is 0.550 e. The molecule has 0 aliphatic heterocycles. The maximum atomic E-state index is 13.1. The molecule has 8 nitrogen and oxygen atoms in total. The first kappa shape index (κ1) is 27.3. The number of fused-ring (bicyclic) bond motifs is 5. The summed E-state index contributed by atoms with van der Waals surface area (Å²) in [5.74, 6) is -2.91. The van der Waals surface area contributed by atoms with Crippen LogP contribution in [0.1, 0.15) is 58.8 Å². The number of aliphatic carboxylic acids is 1. The summed E-state index contributed by atoms with van der Waals surface area (Å²) in [6.45, 7) is 3.26. The van der Waals surface area contributed by atoms with Crippen LogP contribution in [0, 0.1) is 28.6 Å². The van der Waals surface area contributed by atoms with E-state index in [0.717, 1.165) is 18.4 Å². The molecule has 9 heteroatoms. The zero-order chi connectivity index (χ0) is 24.2. The number of esters is 1. The molecule has 0 heterocycles. The van der Waals surface area contributed by atoms with Crippen LogP contribution in [0.3, 0.4) is 0 Å². The van der Waals surface area contributed by atoms with Gasteiger partial charge >= 0.3 is 35.5 Å². The standard InChI is InChI=1S/C25H32O8.Na/c1-23-9-7-15(26)11-14(23)3-4-16-17-8-10-25(32,24(17,2)12-18(27)22(16)23)19(28)13-33-21(31)6-5-20(29)30;/h7,9,11,16-18,22,27,32H,3-6,8,10,12-13H2,1-2H3,(H,29,30);/q;+1/p-1/t16-,17+,18?,22-,23-,24-,25-;/m0./s1. The molecule has 0 aromatic carbocycles. The van der Waals surface area contributed by atoms with Gasteiger partial charge in [0.05, 0.1) is 12.5 Å². The molecule has 34 heavy (non-hydrogen) atoms. The third-order valence-electron chi connectivity index (χ3n) is 9.01. The number of allylic oxidation sites excluding steroid dienone is 4. The molecule has 2 N–H and O–H groups in total. The van der Waals surface area contributed by atoms with Crippen molar-refractivity contribution in [1.82, 2.24) is 0 Å². The van der Waals surface area contributed by atoms with Gasteiger partial charge in [0.15, 0.2) is 12.4 Å². The number of ether oxygens (including phenoxy) is 1. The fourth-order valence-corrected chi connectivity index (χ4v) is 7.33. The van der Waals surface area contributed by atoms with E-state index in [0.29, 0.717) is 6.42 Å². The van der Waals surface area contributed by atoms with Crippen molar-refractivity contribution in [1.29, 1.82) is 0 Å². The molecule has 7 atom stereocenters. The van der Waals surface area contributed by atoms with Crippen LogP contribution in [0.15, 0.2) is 23.8 Å². The Morgan fingerprint density at radius 2 is 1.91 bits per heavy atom. The number of rotatable bonds is 6. The Hall–Kier alpha value is -1.32. The minimum absolute atomic E-state index is 0. The van der Waals surface area contributed by atoms with Crippen molar-refractivity contribution in [2.45, 2.75) is 70.5 Å². The largest absolute Gasteiger partial charge is 1.00 e. The fourth-order valence-electron chi connectivity index (χ4n) is 7.33. The van der Waals surface area contributed by atoms with E-state index < -0.39 is 59.7 Å². The minimum atomic E-state index is -1.74. The summed E-state index contributed by atoms with van der Waals surface area (Å²) in [5, 5.41) is 33.4. The van der Waals surface area contributed by atoms with E-state index >= 15 is 0 Å². The summed E-state index contributed by atoms with van der Waals surface area (Å²) < 4.78 is 4.94. The number of aliphatic hydroxyl groups excluding tert-OH is 1. The van der Waals surface area contributed by atoms with Crippen LogP contribution >= 0.6 is 0 Å². The first-order valence-electron chi connectivity index (χ1n) is 11.7. The molecule has 1 unspecified atom stereocenters. The Labute approximate surface area is 221 Å². The van der Waals surface area contributed by atoms with E-state index in [1.54, 1.807) is 12.2 Å². The van der Waals surface area contributed by atoms with Crippen molar-refractivity contribution >= 4 is 23.5 Å². The molecule has 0 bridgehead atoms. The molecule has 4 rings (SSSR count). The van der Waals surface area contributed by atoms with Gasteiger partial charge in [-0.25, -0.2) is 0 Å². The van der Waals surface area contributed by atoms with Crippen molar-refractivity contribution < 1.29 is 68.8 Å². The van der Waals surface area contributed by atoms with Crippen molar-refractivity contribution in [3.05, 3.63) is 23.8 Å². The van der Waals surface area contributed by atoms with Crippen LogP contribution < -0.4 is 34.7 Å². The summed E-state index contributed by atoms with van der Waals surface area (Å²) in [7, 11) is 0. The second kappa shape index (κ2) is 9.62. The summed E-state index contributed by atoms with van der Waals surface area (Å²) >= 11 is 0. The summed E-state index contributed by atoms with van der Waals surface area (Å²) in [5.41, 5.74) is -2.02. The van der Waals surface area contributed by atoms with E-state index in [1.807, 2.05) is 13.0 Å². The van der Waals surface area contributed by atoms with Crippen LogP contribution in [-0.4, -0.2) is 52.0 Å². The predicted octanol–water partition coefficient (Wildman–Crippen LogP) is -2.36. The van der Waals surface area contributed by atoms with Crippen LogP contribution in [0.5, 0.6) is 0 Å². The minimum Gasteiger partial charge on any atom is -0.550 e. The number of carboxylic acid groups (broad SMARTS) is 1. The average molecular weight is 483 g/mol. The number of carbonyl (C=O) groups excluding carboxylic acids is 4. The fraction of sp³-hybridized carbons (Fsp3) is 0.680. The molecule has 4 aliphatic rings. The molecule has 0 saturated heterocycles. The van der Waals surface area contributed by atoms with Crippen LogP contribution in [0.25, 0.3) is 0 Å². The van der Waals surface area contributed by atoms with Gasteiger partial charge in [-0.1, -0.05) is 25.5 Å². The summed E-state index contributed by atoms with van der Waals surface area (Å²) in [6, 6.07) is 0. The number of carbonyl (C=O) groups is 4. The van der Waals surface area contributed by atoms with Gasteiger partial charge < -0.3 is 24.9 Å². The third kappa shape index (κ3) is 4.26. The molecule has 4 aliphatic carbocycles. The number of hydrogen-bond acceptors (Lipinski definition) is 8. The van der Waals surface area contributed by atoms with E-state index in [4.69, 9.17) is 4.74 Å². The average Bonchev–Trinajstić information content (AvgIpc) is 3.02. The van der Waals surface area contributed by atoms with Gasteiger partial charge in [-0.05, 0) is 62.5 Å². The second-order valence-electron chi connectivity index (χ2n) is 10.6. The molecule has 0 spiro atoms. The summed E-state index contributed by atoms with van der Waals surface area (Å²) in [4.78, 5) is 47.2. The molecular formula is C25H31NaO8. The normalized spacial score (nSPS) is 40.2. The molecule has 180 valence electrons. The van der Waals surface area contributed by atoms with E-state index in [9.17, 15) is 34.5 Å². The third-order valence-corrected chi connectivity index (χ3v) is 9.01. The van der Waals surface area contributed by atoms with Gasteiger partial charge in [-0.2, -0.15) is 0 Å². The van der Waals surface area contributed by atoms with Crippen molar-refractivity contribution in [2.24, 2.45) is 28.6 Å². The maximum Gasteiger partial charge on any atom is 1.00 e. The number of Topliss-reactive ketones (excluding diaryl/α,β-unsaturated/α-hetero) is 1. The van der Waals surface area contributed by atoms with Gasteiger partial charge in [-0.3, -0.25) is 14.4 Å². The SMILES string of the molecule is C[C@]12C=CC(=O)C=C1CC[C@@H]1[C@H]2C(O)C[C@@]2(C)[C@@H]1CC[C@]2(O)C(=O)COC(=O)CCC(=O)[O-].[Na+]. The Morgan fingerprint density at radius 3 is 2.59 bits per heavy atom. The van der Waals surface area contributed by atoms with Gasteiger partial charge in [-0.15, -0.1) is 0 Å². The maximum absolute atomic E-state index is 13.1. The number of carboxylic acids is 1. The zero-order valence-corrected chi connectivity index (χ0v) is 22.0. The number of hydrogen-bond donors (Lipinski definition) is 2. The van der Waals surface area contributed by atoms with Crippen molar-refractivity contribution in [3.63, 3.8) is 0 Å². The molecule has 3 saturated carbocycles. The van der Waals surface area contributed by atoms with E-state index in [-0.39, 0.29) is 65.9 Å². The Kier molecular flexibility index (Phi) is 7.71. The van der Waals surface area contributed by atoms with Gasteiger partial charge in [0, 0.05) is 22.7 Å². The molecular weight excluding hydrogens is 451 g/mol. The van der Waals surface area contributed by atoms with Crippen LogP contribution in [-0.2, 0) is 23.9 Å². The molecule has 0 amide bonds. The van der Waals surface area contributed by atoms with Gasteiger partial charge in [0.2, 0.25) is 5.78 Å². The number of aliphatic hydroxyl groups is 2.